The zero-order chi connectivity index (χ0) is 21.8. The van der Waals surface area contributed by atoms with Gasteiger partial charge in [-0.2, -0.15) is 5.10 Å². The van der Waals surface area contributed by atoms with E-state index in [9.17, 15) is 9.59 Å². The molecule has 1 heterocycles. The molecule has 0 saturated carbocycles. The fraction of sp³-hybridized carbons (Fsp3) is 0.0800. The molecule has 0 spiro atoms. The van der Waals surface area contributed by atoms with Gasteiger partial charge in [-0.25, -0.2) is 0 Å². The molecular formula is C25H22N4O2. The number of carbonyl (C=O) groups excluding carboxylic acids is 2. The van der Waals surface area contributed by atoms with E-state index < -0.39 is 5.91 Å². The molecule has 0 atom stereocenters. The number of hydrogen-bond donors (Lipinski definition) is 2. The van der Waals surface area contributed by atoms with Crippen LogP contribution in [-0.4, -0.2) is 21.6 Å². The van der Waals surface area contributed by atoms with Crippen LogP contribution < -0.4 is 11.1 Å². The standard InChI is InChI=1S/C25H22N4O2/c1-17-10-12-19(13-11-17)23-22(16-29(28-23)15-18-6-3-2-4-7-18)25(31)27-21-9-5-8-20(14-21)24(26)30/h2-14,16H,15H2,1H3,(H2,26,30)(H,27,31). The largest absolute Gasteiger partial charge is 0.366 e. The molecule has 6 heteroatoms. The molecule has 0 radical (unpaired) electrons. The van der Waals surface area contributed by atoms with Gasteiger partial charge in [-0.1, -0.05) is 66.2 Å². The first-order valence-corrected chi connectivity index (χ1v) is 9.89. The maximum Gasteiger partial charge on any atom is 0.259 e. The number of anilines is 1. The molecule has 0 fully saturated rings. The summed E-state index contributed by atoms with van der Waals surface area (Å²) in [5.41, 5.74) is 10.3. The normalized spacial score (nSPS) is 10.6. The average Bonchev–Trinajstić information content (AvgIpc) is 3.19. The van der Waals surface area contributed by atoms with Crippen molar-refractivity contribution in [1.82, 2.24) is 9.78 Å². The minimum absolute atomic E-state index is 0.309. The quantitative estimate of drug-likeness (QED) is 0.498. The second kappa shape index (κ2) is 8.67. The first-order chi connectivity index (χ1) is 15.0. The van der Waals surface area contributed by atoms with Crippen molar-refractivity contribution in [3.8, 4) is 11.3 Å². The van der Waals surface area contributed by atoms with Crippen molar-refractivity contribution < 1.29 is 9.59 Å². The van der Waals surface area contributed by atoms with Gasteiger partial charge in [0.05, 0.1) is 12.1 Å². The Labute approximate surface area is 180 Å². The van der Waals surface area contributed by atoms with Crippen molar-refractivity contribution in [3.63, 3.8) is 0 Å². The van der Waals surface area contributed by atoms with Crippen LogP contribution in [0.2, 0.25) is 0 Å². The van der Waals surface area contributed by atoms with E-state index in [1.807, 2.05) is 61.5 Å². The molecule has 0 saturated heterocycles. The highest BCUT2D eigenvalue weighted by Crippen LogP contribution is 2.24. The summed E-state index contributed by atoms with van der Waals surface area (Å²) in [4.78, 5) is 24.6. The van der Waals surface area contributed by atoms with Crippen LogP contribution in [-0.2, 0) is 6.54 Å². The summed E-state index contributed by atoms with van der Waals surface area (Å²) in [7, 11) is 0. The number of rotatable bonds is 6. The van der Waals surface area contributed by atoms with Gasteiger partial charge in [0, 0.05) is 23.0 Å². The highest BCUT2D eigenvalue weighted by Gasteiger charge is 2.19. The monoisotopic (exact) mass is 410 g/mol. The lowest BCUT2D eigenvalue weighted by Gasteiger charge is -2.07. The lowest BCUT2D eigenvalue weighted by atomic mass is 10.1. The summed E-state index contributed by atoms with van der Waals surface area (Å²) < 4.78 is 1.76. The van der Waals surface area contributed by atoms with Gasteiger partial charge in [-0.05, 0) is 30.7 Å². The van der Waals surface area contributed by atoms with Crippen LogP contribution >= 0.6 is 0 Å². The number of carbonyl (C=O) groups is 2. The predicted molar refractivity (Wildman–Crippen MR) is 121 cm³/mol. The summed E-state index contributed by atoms with van der Waals surface area (Å²) >= 11 is 0. The van der Waals surface area contributed by atoms with E-state index in [2.05, 4.69) is 5.32 Å². The minimum Gasteiger partial charge on any atom is -0.366 e. The first kappa shape index (κ1) is 20.1. The van der Waals surface area contributed by atoms with Crippen LogP contribution in [0.3, 0.4) is 0 Å². The van der Waals surface area contributed by atoms with Gasteiger partial charge in [-0.15, -0.1) is 0 Å². The topological polar surface area (TPSA) is 90.0 Å². The smallest absolute Gasteiger partial charge is 0.259 e. The van der Waals surface area contributed by atoms with Crippen molar-refractivity contribution >= 4 is 17.5 Å². The highest BCUT2D eigenvalue weighted by atomic mass is 16.2. The van der Waals surface area contributed by atoms with E-state index >= 15 is 0 Å². The molecule has 1 aromatic heterocycles. The zero-order valence-electron chi connectivity index (χ0n) is 17.1. The predicted octanol–water partition coefficient (Wildman–Crippen LogP) is 4.26. The van der Waals surface area contributed by atoms with Gasteiger partial charge < -0.3 is 11.1 Å². The van der Waals surface area contributed by atoms with Gasteiger partial charge >= 0.3 is 0 Å². The summed E-state index contributed by atoms with van der Waals surface area (Å²) in [5, 5.41) is 7.55. The summed E-state index contributed by atoms with van der Waals surface area (Å²) in [5.74, 6) is -0.858. The van der Waals surface area contributed by atoms with Crippen LogP contribution in [0, 0.1) is 6.92 Å². The molecule has 4 rings (SSSR count). The van der Waals surface area contributed by atoms with Crippen LogP contribution in [0.1, 0.15) is 31.8 Å². The average molecular weight is 410 g/mol. The third-order valence-corrected chi connectivity index (χ3v) is 4.92. The van der Waals surface area contributed by atoms with Crippen molar-refractivity contribution in [2.75, 3.05) is 5.32 Å². The van der Waals surface area contributed by atoms with E-state index in [4.69, 9.17) is 10.8 Å². The van der Waals surface area contributed by atoms with Gasteiger partial charge in [0.15, 0.2) is 0 Å². The number of nitrogens with two attached hydrogens (primary N) is 1. The second-order valence-corrected chi connectivity index (χ2v) is 7.34. The Kier molecular flexibility index (Phi) is 5.62. The molecule has 4 aromatic rings. The fourth-order valence-corrected chi connectivity index (χ4v) is 3.31. The van der Waals surface area contributed by atoms with Crippen LogP contribution in [0.5, 0.6) is 0 Å². The van der Waals surface area contributed by atoms with Crippen LogP contribution in [0.4, 0.5) is 5.69 Å². The molecule has 2 amide bonds. The number of hydrogen-bond acceptors (Lipinski definition) is 3. The summed E-state index contributed by atoms with van der Waals surface area (Å²) in [6.45, 7) is 2.56. The molecule has 0 bridgehead atoms. The first-order valence-electron chi connectivity index (χ1n) is 9.89. The molecule has 0 aliphatic carbocycles. The van der Waals surface area contributed by atoms with Gasteiger partial charge in [0.1, 0.15) is 5.69 Å². The Balaban J connectivity index is 1.68. The van der Waals surface area contributed by atoms with E-state index in [1.54, 1.807) is 35.1 Å². The number of aromatic nitrogens is 2. The van der Waals surface area contributed by atoms with Crippen LogP contribution in [0.15, 0.2) is 85.1 Å². The lowest BCUT2D eigenvalue weighted by molar-refractivity contribution is 0.0996. The fourth-order valence-electron chi connectivity index (χ4n) is 3.31. The number of nitrogens with one attached hydrogen (secondary N) is 1. The Bertz CT molecular complexity index is 1230. The van der Waals surface area contributed by atoms with E-state index in [0.717, 1.165) is 16.7 Å². The number of amides is 2. The Hall–Kier alpha value is -4.19. The number of benzene rings is 3. The van der Waals surface area contributed by atoms with Crippen molar-refractivity contribution in [2.24, 2.45) is 5.73 Å². The van der Waals surface area contributed by atoms with Gasteiger partial charge in [-0.3, -0.25) is 14.3 Å². The molecule has 6 nitrogen and oxygen atoms in total. The summed E-state index contributed by atoms with van der Waals surface area (Å²) in [6.07, 6.45) is 1.75. The lowest BCUT2D eigenvalue weighted by Crippen LogP contribution is -2.14. The van der Waals surface area contributed by atoms with E-state index in [1.165, 1.54) is 0 Å². The van der Waals surface area contributed by atoms with Crippen molar-refractivity contribution in [1.29, 1.82) is 0 Å². The maximum absolute atomic E-state index is 13.1. The van der Waals surface area contributed by atoms with Crippen LogP contribution in [0.25, 0.3) is 11.3 Å². The molecule has 0 unspecified atom stereocenters. The third kappa shape index (κ3) is 4.70. The van der Waals surface area contributed by atoms with Gasteiger partial charge in [0.25, 0.3) is 5.91 Å². The summed E-state index contributed by atoms with van der Waals surface area (Å²) in [6, 6.07) is 24.4. The zero-order valence-corrected chi connectivity index (χ0v) is 17.1. The molecule has 3 N–H and O–H groups in total. The van der Waals surface area contributed by atoms with Crippen molar-refractivity contribution in [3.05, 3.63) is 107 Å². The number of nitrogens with zero attached hydrogens (tertiary/aromatic N) is 2. The Morgan fingerprint density at radius 3 is 2.42 bits per heavy atom. The molecule has 154 valence electrons. The number of primary amides is 1. The van der Waals surface area contributed by atoms with Gasteiger partial charge in [0.2, 0.25) is 5.91 Å². The third-order valence-electron chi connectivity index (χ3n) is 4.92. The SMILES string of the molecule is Cc1ccc(-c2nn(Cc3ccccc3)cc2C(=O)Nc2cccc(C(N)=O)c2)cc1. The second-order valence-electron chi connectivity index (χ2n) is 7.34. The van der Waals surface area contributed by atoms with Crippen molar-refractivity contribution in [2.45, 2.75) is 13.5 Å². The Morgan fingerprint density at radius 2 is 1.71 bits per heavy atom. The molecular weight excluding hydrogens is 388 g/mol. The number of aryl methyl sites for hydroxylation is 1. The maximum atomic E-state index is 13.1. The minimum atomic E-state index is -0.549. The highest BCUT2D eigenvalue weighted by molar-refractivity contribution is 6.08. The molecule has 31 heavy (non-hydrogen) atoms. The molecule has 3 aromatic carbocycles. The Morgan fingerprint density at radius 1 is 0.968 bits per heavy atom. The molecule has 0 aliphatic rings. The van der Waals surface area contributed by atoms with E-state index in [-0.39, 0.29) is 5.91 Å². The van der Waals surface area contributed by atoms with E-state index in [0.29, 0.717) is 29.1 Å². The molecule has 0 aliphatic heterocycles.